The van der Waals surface area contributed by atoms with Gasteiger partial charge in [0, 0.05) is 54.4 Å². The van der Waals surface area contributed by atoms with Gasteiger partial charge in [-0.05, 0) is 55.4 Å². The molecule has 268 valence electrons. The van der Waals surface area contributed by atoms with Gasteiger partial charge in [0.25, 0.3) is 0 Å². The highest BCUT2D eigenvalue weighted by Crippen LogP contribution is 2.22. The van der Waals surface area contributed by atoms with Crippen molar-refractivity contribution in [3.05, 3.63) is 78.1 Å². The van der Waals surface area contributed by atoms with Gasteiger partial charge >= 0.3 is 23.9 Å². The van der Waals surface area contributed by atoms with Crippen molar-refractivity contribution in [1.29, 1.82) is 0 Å². The van der Waals surface area contributed by atoms with Gasteiger partial charge in [-0.2, -0.15) is 0 Å². The topological polar surface area (TPSA) is 240 Å². The van der Waals surface area contributed by atoms with Crippen molar-refractivity contribution in [2.45, 2.75) is 0 Å². The van der Waals surface area contributed by atoms with Crippen LogP contribution in [0.3, 0.4) is 0 Å². The molecule has 0 radical (unpaired) electrons. The maximum atomic E-state index is 12.8. The molecule has 1 amide bonds. The zero-order valence-electron chi connectivity index (χ0n) is 27.9. The van der Waals surface area contributed by atoms with E-state index < -0.39 is 56.0 Å². The van der Waals surface area contributed by atoms with E-state index in [2.05, 4.69) is 32.9 Å². The molecule has 0 aliphatic rings. The highest BCUT2D eigenvalue weighted by Gasteiger charge is 2.19. The molecule has 16 heteroatoms. The summed E-state index contributed by atoms with van der Waals surface area (Å²) in [5, 5.41) is 41.4. The predicted molar refractivity (Wildman–Crippen MR) is 188 cm³/mol. The zero-order valence-corrected chi connectivity index (χ0v) is 27.9. The van der Waals surface area contributed by atoms with E-state index in [1.165, 1.54) is 16.8 Å². The average molecular weight is 702 g/mol. The van der Waals surface area contributed by atoms with Gasteiger partial charge in [0.2, 0.25) is 5.91 Å². The number of rotatable bonds is 17. The van der Waals surface area contributed by atoms with Gasteiger partial charge in [-0.1, -0.05) is 24.1 Å². The van der Waals surface area contributed by atoms with E-state index in [1.807, 2.05) is 36.4 Å². The molecule has 0 aliphatic heterocycles. The summed E-state index contributed by atoms with van der Waals surface area (Å²) in [6, 6.07) is 18.3. The Hall–Kier alpha value is -5.99. The fraction of sp³-hybridized carbons (Fsp3) is 0.286. The lowest BCUT2D eigenvalue weighted by Gasteiger charge is -2.27. The summed E-state index contributed by atoms with van der Waals surface area (Å²) in [6.07, 6.45) is 1.72. The van der Waals surface area contributed by atoms with Crippen LogP contribution in [0.1, 0.15) is 11.3 Å². The second-order valence-corrected chi connectivity index (χ2v) is 11.1. The number of nitrogens with one attached hydrogen (secondary N) is 1. The molecule has 2 aromatic carbocycles. The van der Waals surface area contributed by atoms with Crippen LogP contribution in [0, 0.1) is 11.8 Å². The summed E-state index contributed by atoms with van der Waals surface area (Å²) in [7, 11) is 1.50. The number of carbonyl (C=O) groups excluding carboxylic acids is 1. The fourth-order valence-corrected chi connectivity index (χ4v) is 5.00. The van der Waals surface area contributed by atoms with Crippen molar-refractivity contribution >= 4 is 57.3 Å². The molecule has 2 heterocycles. The van der Waals surface area contributed by atoms with E-state index in [4.69, 9.17) is 10.2 Å². The number of carboxylic acid groups (broad SMARTS) is 4. The molecular formula is C35H39N7O9. The summed E-state index contributed by atoms with van der Waals surface area (Å²) < 4.78 is 0. The number of benzene rings is 2. The summed E-state index contributed by atoms with van der Waals surface area (Å²) in [5.74, 6) is 0.759. The van der Waals surface area contributed by atoms with Gasteiger partial charge in [0.1, 0.15) is 5.69 Å². The fourth-order valence-electron chi connectivity index (χ4n) is 5.00. The van der Waals surface area contributed by atoms with Crippen LogP contribution in [-0.4, -0.2) is 141 Å². The first-order valence-corrected chi connectivity index (χ1v) is 15.6. The Bertz CT molecular complexity index is 1890. The second kappa shape index (κ2) is 19.9. The van der Waals surface area contributed by atoms with E-state index in [9.17, 15) is 34.2 Å². The number of hydrogen-bond acceptors (Lipinski definition) is 11. The molecule has 0 aliphatic carbocycles. The SMILES string of the molecule is CN.O=C(O)CN(CCN(CC(=O)O)CC(=O)O)CCN(CC(=O)O)CC(=O)Nc1ccc(C#Cc2ccc3ccc4cccnc4c3n2)cc1. The average Bonchev–Trinajstić information content (AvgIpc) is 3.08. The highest BCUT2D eigenvalue weighted by atomic mass is 16.4. The largest absolute Gasteiger partial charge is 0.480 e. The van der Waals surface area contributed by atoms with Crippen LogP contribution in [0.5, 0.6) is 0 Å². The first-order chi connectivity index (χ1) is 24.4. The minimum Gasteiger partial charge on any atom is -0.480 e. The maximum absolute atomic E-state index is 12.8. The summed E-state index contributed by atoms with van der Waals surface area (Å²) >= 11 is 0. The summed E-state index contributed by atoms with van der Waals surface area (Å²) in [5.41, 5.74) is 7.75. The Kier molecular flexibility index (Phi) is 15.4. The first kappa shape index (κ1) is 39.4. The van der Waals surface area contributed by atoms with Crippen molar-refractivity contribution < 1.29 is 44.4 Å². The number of fused-ring (bicyclic) bond motifs is 3. The molecule has 0 saturated carbocycles. The number of carboxylic acids is 4. The normalized spacial score (nSPS) is 10.8. The summed E-state index contributed by atoms with van der Waals surface area (Å²) in [6.45, 7) is -2.41. The molecule has 2 aromatic heterocycles. The zero-order chi connectivity index (χ0) is 37.3. The maximum Gasteiger partial charge on any atom is 0.317 e. The molecule has 0 unspecified atom stereocenters. The van der Waals surface area contributed by atoms with Gasteiger partial charge in [-0.25, -0.2) is 4.98 Å². The standard InChI is InChI=1S/C34H34N6O9.CH5N/c41-28(18-39(20-30(44)45)16-14-38(19-29(42)43)15-17-40(21-31(46)47)22-32(48)49)36-26-9-3-23(4-10-26)5-11-27-12-8-25-7-6-24-2-1-13-35-33(24)34(25)37-27;1-2/h1-4,6-10,12-13H,14-22H2,(H,36,41)(H,42,43)(H,44,45)(H,46,47)(H,48,49);2H2,1H3. The van der Waals surface area contributed by atoms with Crippen LogP contribution in [0.15, 0.2) is 66.9 Å². The van der Waals surface area contributed by atoms with E-state index in [0.29, 0.717) is 16.9 Å². The third-order valence-electron chi connectivity index (χ3n) is 7.20. The van der Waals surface area contributed by atoms with Crippen LogP contribution in [0.2, 0.25) is 0 Å². The first-order valence-electron chi connectivity index (χ1n) is 15.6. The van der Waals surface area contributed by atoms with Crippen molar-refractivity contribution in [3.8, 4) is 11.8 Å². The van der Waals surface area contributed by atoms with Crippen LogP contribution in [-0.2, 0) is 24.0 Å². The van der Waals surface area contributed by atoms with Gasteiger partial charge in [0.05, 0.1) is 43.8 Å². The molecule has 0 atom stereocenters. The quantitative estimate of drug-likeness (QED) is 0.0663. The Morgan fingerprint density at radius 2 is 1.12 bits per heavy atom. The number of pyridine rings is 2. The molecule has 0 saturated heterocycles. The third kappa shape index (κ3) is 13.4. The number of anilines is 1. The summed E-state index contributed by atoms with van der Waals surface area (Å²) in [4.78, 5) is 70.9. The lowest BCUT2D eigenvalue weighted by Crippen LogP contribution is -2.46. The number of aromatic nitrogens is 2. The Labute approximate surface area is 293 Å². The smallest absolute Gasteiger partial charge is 0.317 e. The molecule has 51 heavy (non-hydrogen) atoms. The van der Waals surface area contributed by atoms with Crippen LogP contribution < -0.4 is 11.1 Å². The van der Waals surface area contributed by atoms with E-state index >= 15 is 0 Å². The molecule has 4 rings (SSSR count). The van der Waals surface area contributed by atoms with Gasteiger partial charge in [0.15, 0.2) is 0 Å². The number of hydrogen-bond donors (Lipinski definition) is 6. The number of aliphatic carboxylic acids is 4. The van der Waals surface area contributed by atoms with Gasteiger partial charge in [-0.3, -0.25) is 43.7 Å². The number of nitrogens with two attached hydrogens (primary N) is 1. The molecule has 16 nitrogen and oxygen atoms in total. The van der Waals surface area contributed by atoms with Crippen molar-refractivity contribution in [3.63, 3.8) is 0 Å². The van der Waals surface area contributed by atoms with Gasteiger partial charge < -0.3 is 31.5 Å². The predicted octanol–water partition coefficient (Wildman–Crippen LogP) is 0.941. The Morgan fingerprint density at radius 1 is 0.627 bits per heavy atom. The van der Waals surface area contributed by atoms with Crippen LogP contribution in [0.4, 0.5) is 5.69 Å². The molecule has 0 fully saturated rings. The van der Waals surface area contributed by atoms with E-state index in [0.717, 1.165) is 26.7 Å². The Morgan fingerprint density at radius 3 is 1.69 bits per heavy atom. The van der Waals surface area contributed by atoms with Crippen molar-refractivity contribution in [2.24, 2.45) is 5.73 Å². The lowest BCUT2D eigenvalue weighted by molar-refractivity contribution is -0.143. The highest BCUT2D eigenvalue weighted by molar-refractivity contribution is 6.02. The molecule has 0 bridgehead atoms. The molecule has 4 aromatic rings. The third-order valence-corrected chi connectivity index (χ3v) is 7.20. The van der Waals surface area contributed by atoms with Crippen molar-refractivity contribution in [2.75, 3.05) is 71.3 Å². The lowest BCUT2D eigenvalue weighted by atomic mass is 10.1. The minimum absolute atomic E-state index is 0.000250. The number of carbonyl (C=O) groups is 5. The van der Waals surface area contributed by atoms with Crippen molar-refractivity contribution in [1.82, 2.24) is 24.7 Å². The molecule has 0 spiro atoms. The minimum atomic E-state index is -1.24. The van der Waals surface area contributed by atoms with Crippen LogP contribution in [0.25, 0.3) is 21.8 Å². The van der Waals surface area contributed by atoms with E-state index in [-0.39, 0.29) is 32.7 Å². The molecular weight excluding hydrogens is 662 g/mol. The van der Waals surface area contributed by atoms with E-state index in [1.54, 1.807) is 30.5 Å². The number of amides is 1. The Balaban J connectivity index is 0.00000345. The number of nitrogens with zero attached hydrogens (tertiary/aromatic N) is 5. The van der Waals surface area contributed by atoms with Gasteiger partial charge in [-0.15, -0.1) is 0 Å². The second-order valence-electron chi connectivity index (χ2n) is 11.1. The van der Waals surface area contributed by atoms with Crippen LogP contribution >= 0.6 is 0 Å². The monoisotopic (exact) mass is 701 g/mol. The molecule has 7 N–H and O–H groups in total.